The third kappa shape index (κ3) is 5.06. The second-order valence-electron chi connectivity index (χ2n) is 6.85. The third-order valence-electron chi connectivity index (χ3n) is 4.89. The van der Waals surface area contributed by atoms with E-state index in [2.05, 4.69) is 0 Å². The van der Waals surface area contributed by atoms with Crippen molar-refractivity contribution in [3.63, 3.8) is 0 Å². The normalized spacial score (nSPS) is 12.2. The van der Waals surface area contributed by atoms with Gasteiger partial charge in [-0.25, -0.2) is 13.9 Å². The smallest absolute Gasteiger partial charge is 0.244 e. The molecule has 3 aromatic rings. The Labute approximate surface area is 176 Å². The molecule has 30 heavy (non-hydrogen) atoms. The molecule has 0 fully saturated rings. The summed E-state index contributed by atoms with van der Waals surface area (Å²) in [5, 5.41) is 7.88. The number of nitrogens with one attached hydrogen (secondary N) is 1. The van der Waals surface area contributed by atoms with E-state index in [4.69, 9.17) is 9.94 Å². The standard InChI is InChI=1S/C23H23NO5S/c1-29-20-11-13-21(14-12-20)30(27,28)22(16-23(25)24-26)15-17-7-9-19(10-8-17)18-5-3-2-4-6-18/h2-14,22,26H,15-16H2,1H3,(H,24,25). The van der Waals surface area contributed by atoms with Crippen molar-refractivity contribution in [2.75, 3.05) is 7.11 Å². The number of benzene rings is 3. The van der Waals surface area contributed by atoms with Crippen molar-refractivity contribution in [2.24, 2.45) is 0 Å². The number of hydroxylamine groups is 1. The molecule has 1 atom stereocenters. The fourth-order valence-electron chi connectivity index (χ4n) is 3.23. The molecule has 156 valence electrons. The summed E-state index contributed by atoms with van der Waals surface area (Å²) in [7, 11) is -2.32. The maximum absolute atomic E-state index is 13.2. The summed E-state index contributed by atoms with van der Waals surface area (Å²) in [6.07, 6.45) is -0.220. The Kier molecular flexibility index (Phi) is 6.87. The lowest BCUT2D eigenvalue weighted by atomic mass is 10.0. The van der Waals surface area contributed by atoms with Crippen molar-refractivity contribution in [1.82, 2.24) is 5.48 Å². The van der Waals surface area contributed by atoms with E-state index < -0.39 is 21.0 Å². The van der Waals surface area contributed by atoms with Crippen molar-refractivity contribution in [2.45, 2.75) is 23.0 Å². The van der Waals surface area contributed by atoms with E-state index in [-0.39, 0.29) is 17.7 Å². The molecule has 0 saturated heterocycles. The number of methoxy groups -OCH3 is 1. The molecule has 0 aliphatic heterocycles. The summed E-state index contributed by atoms with van der Waals surface area (Å²) in [6, 6.07) is 23.4. The van der Waals surface area contributed by atoms with Gasteiger partial charge in [0, 0.05) is 6.42 Å². The van der Waals surface area contributed by atoms with E-state index >= 15 is 0 Å². The zero-order valence-corrected chi connectivity index (χ0v) is 17.3. The molecule has 7 heteroatoms. The van der Waals surface area contributed by atoms with Gasteiger partial charge in [0.05, 0.1) is 17.3 Å². The second-order valence-corrected chi connectivity index (χ2v) is 9.08. The largest absolute Gasteiger partial charge is 0.497 e. The van der Waals surface area contributed by atoms with Crippen LogP contribution in [-0.2, 0) is 21.1 Å². The highest BCUT2D eigenvalue weighted by atomic mass is 32.2. The van der Waals surface area contributed by atoms with E-state index in [1.807, 2.05) is 54.6 Å². The fraction of sp³-hybridized carbons (Fsp3) is 0.174. The first-order chi connectivity index (χ1) is 14.4. The molecule has 0 radical (unpaired) electrons. The number of hydrogen-bond acceptors (Lipinski definition) is 5. The SMILES string of the molecule is COc1ccc(S(=O)(=O)C(CC(=O)NO)Cc2ccc(-c3ccccc3)cc2)cc1. The van der Waals surface area contributed by atoms with Crippen LogP contribution in [0.25, 0.3) is 11.1 Å². The van der Waals surface area contributed by atoms with Gasteiger partial charge in [0.15, 0.2) is 9.84 Å². The van der Waals surface area contributed by atoms with Crippen molar-refractivity contribution >= 4 is 15.7 Å². The van der Waals surface area contributed by atoms with Gasteiger partial charge in [-0.15, -0.1) is 0 Å². The lowest BCUT2D eigenvalue weighted by Gasteiger charge is -2.18. The molecule has 6 nitrogen and oxygen atoms in total. The van der Waals surface area contributed by atoms with Crippen LogP contribution in [-0.4, -0.2) is 31.9 Å². The Morgan fingerprint density at radius 1 is 0.933 bits per heavy atom. The van der Waals surface area contributed by atoms with Crippen LogP contribution < -0.4 is 10.2 Å². The lowest BCUT2D eigenvalue weighted by molar-refractivity contribution is -0.129. The van der Waals surface area contributed by atoms with Crippen molar-refractivity contribution < 1.29 is 23.2 Å². The van der Waals surface area contributed by atoms with E-state index in [1.54, 1.807) is 12.1 Å². The van der Waals surface area contributed by atoms with Gasteiger partial charge < -0.3 is 4.74 Å². The Bertz CT molecular complexity index is 1080. The Morgan fingerprint density at radius 3 is 2.10 bits per heavy atom. The predicted molar refractivity (Wildman–Crippen MR) is 114 cm³/mol. The number of hydrogen-bond donors (Lipinski definition) is 2. The van der Waals surface area contributed by atoms with Gasteiger partial charge in [0.1, 0.15) is 5.75 Å². The van der Waals surface area contributed by atoms with Gasteiger partial charge in [-0.2, -0.15) is 0 Å². The summed E-state index contributed by atoms with van der Waals surface area (Å²) in [4.78, 5) is 11.9. The lowest BCUT2D eigenvalue weighted by Crippen LogP contribution is -2.31. The van der Waals surface area contributed by atoms with Crippen LogP contribution in [0.1, 0.15) is 12.0 Å². The molecular formula is C23H23NO5S. The number of ether oxygens (including phenoxy) is 1. The highest BCUT2D eigenvalue weighted by Gasteiger charge is 2.30. The minimum absolute atomic E-state index is 0.0972. The highest BCUT2D eigenvalue weighted by Crippen LogP contribution is 2.25. The molecule has 0 aliphatic rings. The Hall–Kier alpha value is -3.16. The summed E-state index contributed by atoms with van der Waals surface area (Å²) in [5.41, 5.74) is 4.39. The molecule has 1 unspecified atom stereocenters. The first-order valence-electron chi connectivity index (χ1n) is 9.39. The molecule has 0 bridgehead atoms. The zero-order valence-electron chi connectivity index (χ0n) is 16.5. The van der Waals surface area contributed by atoms with Crippen LogP contribution >= 0.6 is 0 Å². The average molecular weight is 426 g/mol. The average Bonchev–Trinajstić information content (AvgIpc) is 2.79. The van der Waals surface area contributed by atoms with E-state index in [0.717, 1.165) is 16.7 Å². The van der Waals surface area contributed by atoms with E-state index in [9.17, 15) is 13.2 Å². The molecule has 2 N–H and O–H groups in total. The Morgan fingerprint density at radius 2 is 1.53 bits per heavy atom. The van der Waals surface area contributed by atoms with Crippen LogP contribution in [0, 0.1) is 0 Å². The summed E-state index contributed by atoms with van der Waals surface area (Å²) in [6.45, 7) is 0. The topological polar surface area (TPSA) is 92.7 Å². The van der Waals surface area contributed by atoms with Gasteiger partial charge >= 0.3 is 0 Å². The monoisotopic (exact) mass is 425 g/mol. The van der Waals surface area contributed by atoms with Crippen LogP contribution in [0.3, 0.4) is 0 Å². The van der Waals surface area contributed by atoms with Gasteiger partial charge in [-0.05, 0) is 47.4 Å². The maximum atomic E-state index is 13.2. The quantitative estimate of drug-likeness (QED) is 0.425. The predicted octanol–water partition coefficient (Wildman–Crippen LogP) is 3.64. The van der Waals surface area contributed by atoms with E-state index in [1.165, 1.54) is 24.7 Å². The minimum atomic E-state index is -3.82. The number of rotatable bonds is 8. The number of carbonyl (C=O) groups is 1. The molecule has 3 rings (SSSR count). The fourth-order valence-corrected chi connectivity index (χ4v) is 4.91. The second kappa shape index (κ2) is 9.56. The van der Waals surface area contributed by atoms with Gasteiger partial charge in [0.2, 0.25) is 5.91 Å². The third-order valence-corrected chi connectivity index (χ3v) is 7.03. The van der Waals surface area contributed by atoms with Gasteiger partial charge in [0.25, 0.3) is 0 Å². The minimum Gasteiger partial charge on any atom is -0.497 e. The number of amides is 1. The number of sulfone groups is 1. The molecule has 0 saturated carbocycles. The van der Waals surface area contributed by atoms with Crippen LogP contribution in [0.2, 0.25) is 0 Å². The highest BCUT2D eigenvalue weighted by molar-refractivity contribution is 7.92. The molecule has 0 aliphatic carbocycles. The summed E-state index contributed by atoms with van der Waals surface area (Å²) in [5.74, 6) is -0.215. The van der Waals surface area contributed by atoms with Gasteiger partial charge in [-0.3, -0.25) is 10.0 Å². The molecule has 0 heterocycles. The molecule has 0 spiro atoms. The molecule has 3 aromatic carbocycles. The van der Waals surface area contributed by atoms with Crippen LogP contribution in [0.5, 0.6) is 5.75 Å². The molecular weight excluding hydrogens is 402 g/mol. The summed E-state index contributed by atoms with van der Waals surface area (Å²) < 4.78 is 31.4. The van der Waals surface area contributed by atoms with Crippen molar-refractivity contribution in [1.29, 1.82) is 0 Å². The Balaban J connectivity index is 1.87. The molecule has 1 amide bonds. The summed E-state index contributed by atoms with van der Waals surface area (Å²) >= 11 is 0. The first kappa shape index (κ1) is 21.5. The zero-order chi connectivity index (χ0) is 21.6. The van der Waals surface area contributed by atoms with E-state index in [0.29, 0.717) is 5.75 Å². The number of carbonyl (C=O) groups excluding carboxylic acids is 1. The maximum Gasteiger partial charge on any atom is 0.244 e. The molecule has 0 aromatic heterocycles. The first-order valence-corrected chi connectivity index (χ1v) is 10.9. The van der Waals surface area contributed by atoms with Crippen molar-refractivity contribution in [3.8, 4) is 16.9 Å². The van der Waals surface area contributed by atoms with Crippen LogP contribution in [0.4, 0.5) is 0 Å². The van der Waals surface area contributed by atoms with Crippen molar-refractivity contribution in [3.05, 3.63) is 84.4 Å². The van der Waals surface area contributed by atoms with Gasteiger partial charge in [-0.1, -0.05) is 54.6 Å². The van der Waals surface area contributed by atoms with Crippen LogP contribution in [0.15, 0.2) is 83.8 Å².